The molecule has 110 valence electrons. The number of aliphatic hydroxyl groups is 1. The summed E-state index contributed by atoms with van der Waals surface area (Å²) in [6, 6.07) is 5.10. The lowest BCUT2D eigenvalue weighted by Gasteiger charge is -2.21. The number of ether oxygens (including phenoxy) is 3. The van der Waals surface area contributed by atoms with Gasteiger partial charge in [0, 0.05) is 32.4 Å². The average molecular weight is 281 g/mol. The minimum absolute atomic E-state index is 0.0662. The predicted molar refractivity (Wildman–Crippen MR) is 72.0 cm³/mol. The van der Waals surface area contributed by atoms with Crippen LogP contribution in [0.1, 0.15) is 16.8 Å². The Kier molecular flexibility index (Phi) is 5.20. The summed E-state index contributed by atoms with van der Waals surface area (Å²) >= 11 is 0. The van der Waals surface area contributed by atoms with E-state index in [9.17, 15) is 4.79 Å². The van der Waals surface area contributed by atoms with Crippen LogP contribution in [0, 0.1) is 0 Å². The molecule has 1 amide bonds. The quantitative estimate of drug-likeness (QED) is 0.752. The Morgan fingerprint density at radius 1 is 1.35 bits per heavy atom. The minimum Gasteiger partial charge on any atom is -0.454 e. The number of benzene rings is 1. The Bertz CT molecular complexity index is 463. The van der Waals surface area contributed by atoms with Gasteiger partial charge in [0.05, 0.1) is 6.61 Å². The first kappa shape index (κ1) is 14.6. The fourth-order valence-electron chi connectivity index (χ4n) is 2.05. The Labute approximate surface area is 117 Å². The van der Waals surface area contributed by atoms with Gasteiger partial charge >= 0.3 is 0 Å². The molecule has 6 nitrogen and oxygen atoms in total. The summed E-state index contributed by atoms with van der Waals surface area (Å²) in [4.78, 5) is 14.0. The van der Waals surface area contributed by atoms with Gasteiger partial charge in [0.25, 0.3) is 5.91 Å². The van der Waals surface area contributed by atoms with Crippen LogP contribution in [0.25, 0.3) is 0 Å². The van der Waals surface area contributed by atoms with E-state index in [-0.39, 0.29) is 19.3 Å². The topological polar surface area (TPSA) is 68.2 Å². The average Bonchev–Trinajstić information content (AvgIpc) is 2.93. The Morgan fingerprint density at radius 3 is 2.90 bits per heavy atom. The van der Waals surface area contributed by atoms with Crippen molar-refractivity contribution in [3.8, 4) is 11.5 Å². The van der Waals surface area contributed by atoms with Gasteiger partial charge in [-0.1, -0.05) is 0 Å². The fourth-order valence-corrected chi connectivity index (χ4v) is 2.05. The second kappa shape index (κ2) is 7.12. The van der Waals surface area contributed by atoms with Gasteiger partial charge in [-0.2, -0.15) is 0 Å². The van der Waals surface area contributed by atoms with E-state index in [0.717, 1.165) is 6.42 Å². The summed E-state index contributed by atoms with van der Waals surface area (Å²) in [5.74, 6) is 1.10. The first-order chi connectivity index (χ1) is 9.76. The molecule has 1 N–H and O–H groups in total. The summed E-state index contributed by atoms with van der Waals surface area (Å²) in [5, 5.41) is 9.07. The lowest BCUT2D eigenvalue weighted by atomic mass is 10.1. The zero-order valence-electron chi connectivity index (χ0n) is 11.5. The van der Waals surface area contributed by atoms with Crippen LogP contribution in [-0.2, 0) is 4.74 Å². The molecule has 0 unspecified atom stereocenters. The van der Waals surface area contributed by atoms with Gasteiger partial charge in [-0.15, -0.1) is 0 Å². The molecule has 0 aliphatic carbocycles. The van der Waals surface area contributed by atoms with Crippen molar-refractivity contribution in [2.75, 3.05) is 40.2 Å². The molecule has 2 rings (SSSR count). The standard InChI is InChI=1S/C14H19NO5/c1-18-8-2-5-15(6-7-16)14(17)11-3-4-12-13(9-11)20-10-19-12/h3-4,9,16H,2,5-8,10H2,1H3. The Hall–Kier alpha value is -1.79. The highest BCUT2D eigenvalue weighted by Crippen LogP contribution is 2.32. The van der Waals surface area contributed by atoms with Gasteiger partial charge in [-0.3, -0.25) is 4.79 Å². The zero-order valence-corrected chi connectivity index (χ0v) is 11.5. The highest BCUT2D eigenvalue weighted by atomic mass is 16.7. The van der Waals surface area contributed by atoms with Gasteiger partial charge in [-0.05, 0) is 24.6 Å². The first-order valence-corrected chi connectivity index (χ1v) is 6.55. The minimum atomic E-state index is -0.131. The number of methoxy groups -OCH3 is 1. The van der Waals surface area contributed by atoms with Crippen molar-refractivity contribution in [1.29, 1.82) is 0 Å². The van der Waals surface area contributed by atoms with Gasteiger partial charge in [0.1, 0.15) is 0 Å². The lowest BCUT2D eigenvalue weighted by molar-refractivity contribution is 0.0701. The Morgan fingerprint density at radius 2 is 2.15 bits per heavy atom. The van der Waals surface area contributed by atoms with Crippen molar-refractivity contribution in [2.24, 2.45) is 0 Å². The first-order valence-electron chi connectivity index (χ1n) is 6.55. The van der Waals surface area contributed by atoms with Crippen LogP contribution in [0.15, 0.2) is 18.2 Å². The third-order valence-corrected chi connectivity index (χ3v) is 3.05. The maximum Gasteiger partial charge on any atom is 0.254 e. The van der Waals surface area contributed by atoms with Crippen LogP contribution in [0.5, 0.6) is 11.5 Å². The molecule has 0 atom stereocenters. The second-order valence-electron chi connectivity index (χ2n) is 4.43. The number of fused-ring (bicyclic) bond motifs is 1. The molecule has 0 saturated carbocycles. The van der Waals surface area contributed by atoms with E-state index in [1.54, 1.807) is 30.2 Å². The van der Waals surface area contributed by atoms with Crippen molar-refractivity contribution < 1.29 is 24.1 Å². The van der Waals surface area contributed by atoms with Crippen molar-refractivity contribution in [3.63, 3.8) is 0 Å². The van der Waals surface area contributed by atoms with E-state index in [1.165, 1.54) is 0 Å². The van der Waals surface area contributed by atoms with Crippen LogP contribution in [0.3, 0.4) is 0 Å². The highest BCUT2D eigenvalue weighted by Gasteiger charge is 2.19. The normalized spacial score (nSPS) is 12.5. The number of hydrogen-bond donors (Lipinski definition) is 1. The maximum atomic E-state index is 12.4. The lowest BCUT2D eigenvalue weighted by Crippen LogP contribution is -2.34. The smallest absolute Gasteiger partial charge is 0.254 e. The van der Waals surface area contributed by atoms with Gasteiger partial charge < -0.3 is 24.2 Å². The monoisotopic (exact) mass is 281 g/mol. The molecule has 0 aromatic heterocycles. The Balaban J connectivity index is 2.06. The van der Waals surface area contributed by atoms with Gasteiger partial charge in [0.15, 0.2) is 11.5 Å². The molecule has 0 fully saturated rings. The molecule has 0 bridgehead atoms. The van der Waals surface area contributed by atoms with Crippen LogP contribution < -0.4 is 9.47 Å². The van der Waals surface area contributed by atoms with Gasteiger partial charge in [-0.25, -0.2) is 0 Å². The molecule has 0 spiro atoms. The predicted octanol–water partition coefficient (Wildman–Crippen LogP) is 0.886. The number of hydrogen-bond acceptors (Lipinski definition) is 5. The van der Waals surface area contributed by atoms with E-state index in [4.69, 9.17) is 19.3 Å². The molecule has 0 radical (unpaired) electrons. The van der Waals surface area contributed by atoms with Crippen molar-refractivity contribution >= 4 is 5.91 Å². The largest absolute Gasteiger partial charge is 0.454 e. The number of nitrogens with zero attached hydrogens (tertiary/aromatic N) is 1. The van der Waals surface area contributed by atoms with Crippen molar-refractivity contribution in [2.45, 2.75) is 6.42 Å². The van der Waals surface area contributed by atoms with E-state index in [1.807, 2.05) is 0 Å². The van der Waals surface area contributed by atoms with E-state index >= 15 is 0 Å². The van der Waals surface area contributed by atoms with E-state index in [0.29, 0.717) is 36.8 Å². The van der Waals surface area contributed by atoms with Gasteiger partial charge in [0.2, 0.25) is 6.79 Å². The SMILES string of the molecule is COCCCN(CCO)C(=O)c1ccc2c(c1)OCO2. The summed E-state index contributed by atoms with van der Waals surface area (Å²) in [6.07, 6.45) is 0.729. The molecular weight excluding hydrogens is 262 g/mol. The number of carbonyl (C=O) groups excluding carboxylic acids is 1. The summed E-state index contributed by atoms with van der Waals surface area (Å²) < 4.78 is 15.5. The highest BCUT2D eigenvalue weighted by molar-refractivity contribution is 5.95. The zero-order chi connectivity index (χ0) is 14.4. The number of rotatable bonds is 7. The molecule has 1 aromatic carbocycles. The number of aliphatic hydroxyl groups excluding tert-OH is 1. The molecular formula is C14H19NO5. The van der Waals surface area contributed by atoms with Crippen molar-refractivity contribution in [3.05, 3.63) is 23.8 Å². The molecule has 1 aromatic rings. The van der Waals surface area contributed by atoms with Crippen LogP contribution >= 0.6 is 0 Å². The number of amides is 1. The fraction of sp³-hybridized carbons (Fsp3) is 0.500. The number of carbonyl (C=O) groups is 1. The van der Waals surface area contributed by atoms with E-state index in [2.05, 4.69) is 0 Å². The molecule has 1 aliphatic heterocycles. The third-order valence-electron chi connectivity index (χ3n) is 3.05. The molecule has 0 saturated heterocycles. The molecule has 20 heavy (non-hydrogen) atoms. The van der Waals surface area contributed by atoms with Crippen LogP contribution in [-0.4, -0.2) is 56.1 Å². The van der Waals surface area contributed by atoms with E-state index < -0.39 is 0 Å². The van der Waals surface area contributed by atoms with Crippen molar-refractivity contribution in [1.82, 2.24) is 4.90 Å². The van der Waals surface area contributed by atoms with Crippen LogP contribution in [0.4, 0.5) is 0 Å². The molecule has 1 heterocycles. The summed E-state index contributed by atoms with van der Waals surface area (Å²) in [5.41, 5.74) is 0.528. The van der Waals surface area contributed by atoms with Crippen LogP contribution in [0.2, 0.25) is 0 Å². The molecule has 1 aliphatic rings. The second-order valence-corrected chi connectivity index (χ2v) is 4.43. The third kappa shape index (κ3) is 3.40. The maximum absolute atomic E-state index is 12.4. The summed E-state index contributed by atoms with van der Waals surface area (Å²) in [6.45, 7) is 1.54. The molecule has 6 heteroatoms. The summed E-state index contributed by atoms with van der Waals surface area (Å²) in [7, 11) is 1.62.